The molecular formula is C14H18FN3O. The summed E-state index contributed by atoms with van der Waals surface area (Å²) in [4.78, 5) is 1.90. The Kier molecular flexibility index (Phi) is 3.85. The number of benzene rings is 1. The molecule has 0 aliphatic heterocycles. The molecule has 1 atom stereocenters. The summed E-state index contributed by atoms with van der Waals surface area (Å²) < 4.78 is 15.5. The molecule has 2 rings (SSSR count). The van der Waals surface area contributed by atoms with Crippen molar-refractivity contribution in [3.8, 4) is 0 Å². The van der Waals surface area contributed by atoms with E-state index in [9.17, 15) is 9.50 Å². The van der Waals surface area contributed by atoms with Crippen molar-refractivity contribution in [1.29, 1.82) is 0 Å². The van der Waals surface area contributed by atoms with E-state index in [-0.39, 0.29) is 5.82 Å². The molecule has 0 saturated carbocycles. The number of nitrogens with zero attached hydrogens (tertiary/aromatic N) is 3. The largest absolute Gasteiger partial charge is 0.389 e. The minimum absolute atomic E-state index is 0.328. The number of aliphatic hydroxyl groups is 1. The lowest BCUT2D eigenvalue weighted by molar-refractivity contribution is 0.194. The highest BCUT2D eigenvalue weighted by molar-refractivity contribution is 5.54. The van der Waals surface area contributed by atoms with Gasteiger partial charge in [-0.05, 0) is 19.1 Å². The van der Waals surface area contributed by atoms with Gasteiger partial charge in [0.05, 0.1) is 12.3 Å². The summed E-state index contributed by atoms with van der Waals surface area (Å²) in [5.41, 5.74) is 2.05. The predicted molar refractivity (Wildman–Crippen MR) is 72.3 cm³/mol. The third kappa shape index (κ3) is 2.93. The average molecular weight is 263 g/mol. The molecule has 19 heavy (non-hydrogen) atoms. The number of anilines is 1. The Balaban J connectivity index is 2.28. The summed E-state index contributed by atoms with van der Waals surface area (Å²) >= 11 is 0. The Labute approximate surface area is 112 Å². The fourth-order valence-corrected chi connectivity index (χ4v) is 2.18. The standard InChI is InChI=1S/C14H18FN3O/c1-10(19)14-12(15)5-4-6-13(14)17(2)8-11-7-16-18(3)9-11/h4-7,9-10,19H,8H2,1-3H3/t10-/m1/s1. The number of aromatic nitrogens is 2. The minimum atomic E-state index is -0.840. The lowest BCUT2D eigenvalue weighted by atomic mass is 10.1. The number of hydrogen-bond donors (Lipinski definition) is 1. The Morgan fingerprint density at radius 2 is 2.21 bits per heavy atom. The third-order valence-corrected chi connectivity index (χ3v) is 3.04. The Hall–Kier alpha value is -1.88. The first-order valence-electron chi connectivity index (χ1n) is 6.14. The van der Waals surface area contributed by atoms with E-state index in [1.54, 1.807) is 23.9 Å². The van der Waals surface area contributed by atoms with Crippen LogP contribution in [-0.4, -0.2) is 21.9 Å². The van der Waals surface area contributed by atoms with Crippen molar-refractivity contribution < 1.29 is 9.50 Å². The fraction of sp³-hybridized carbons (Fsp3) is 0.357. The van der Waals surface area contributed by atoms with Crippen LogP contribution >= 0.6 is 0 Å². The molecule has 102 valence electrons. The average Bonchev–Trinajstić information content (AvgIpc) is 2.73. The number of aliphatic hydroxyl groups excluding tert-OH is 1. The SMILES string of the molecule is C[C@@H](O)c1c(F)cccc1N(C)Cc1cnn(C)c1. The smallest absolute Gasteiger partial charge is 0.131 e. The van der Waals surface area contributed by atoms with Gasteiger partial charge in [-0.25, -0.2) is 4.39 Å². The first-order chi connectivity index (χ1) is 8.99. The van der Waals surface area contributed by atoms with Crippen LogP contribution in [0.4, 0.5) is 10.1 Å². The number of rotatable bonds is 4. The zero-order valence-corrected chi connectivity index (χ0v) is 11.3. The quantitative estimate of drug-likeness (QED) is 0.920. The summed E-state index contributed by atoms with van der Waals surface area (Å²) in [6, 6.07) is 4.82. The van der Waals surface area contributed by atoms with Gasteiger partial charge in [0.1, 0.15) is 5.82 Å². The van der Waals surface area contributed by atoms with Crippen LogP contribution in [0, 0.1) is 5.82 Å². The molecule has 1 heterocycles. The highest BCUT2D eigenvalue weighted by Gasteiger charge is 2.16. The van der Waals surface area contributed by atoms with Crippen LogP contribution in [0.15, 0.2) is 30.6 Å². The molecule has 0 unspecified atom stereocenters. The monoisotopic (exact) mass is 263 g/mol. The molecule has 0 spiro atoms. The van der Waals surface area contributed by atoms with E-state index < -0.39 is 6.10 Å². The van der Waals surface area contributed by atoms with Crippen molar-refractivity contribution in [2.45, 2.75) is 19.6 Å². The van der Waals surface area contributed by atoms with Gasteiger partial charge in [0.15, 0.2) is 0 Å². The van der Waals surface area contributed by atoms with Gasteiger partial charge >= 0.3 is 0 Å². The lowest BCUT2D eigenvalue weighted by Gasteiger charge is -2.23. The molecule has 2 aromatic rings. The molecule has 0 saturated heterocycles. The summed E-state index contributed by atoms with van der Waals surface area (Å²) in [6.45, 7) is 2.18. The molecule has 1 aromatic heterocycles. The van der Waals surface area contributed by atoms with E-state index in [0.29, 0.717) is 17.8 Å². The predicted octanol–water partition coefficient (Wildman–Crippen LogP) is 2.25. The Morgan fingerprint density at radius 1 is 1.47 bits per heavy atom. The van der Waals surface area contributed by atoms with E-state index in [4.69, 9.17) is 0 Å². The molecule has 0 aliphatic rings. The molecule has 5 heteroatoms. The van der Waals surface area contributed by atoms with E-state index >= 15 is 0 Å². The first-order valence-corrected chi connectivity index (χ1v) is 6.14. The van der Waals surface area contributed by atoms with Crippen LogP contribution in [-0.2, 0) is 13.6 Å². The van der Waals surface area contributed by atoms with Crippen molar-refractivity contribution in [2.24, 2.45) is 7.05 Å². The van der Waals surface area contributed by atoms with Crippen LogP contribution in [0.2, 0.25) is 0 Å². The maximum absolute atomic E-state index is 13.8. The highest BCUT2D eigenvalue weighted by Crippen LogP contribution is 2.29. The zero-order chi connectivity index (χ0) is 14.0. The van der Waals surface area contributed by atoms with Crippen LogP contribution in [0.5, 0.6) is 0 Å². The fourth-order valence-electron chi connectivity index (χ4n) is 2.18. The van der Waals surface area contributed by atoms with Crippen molar-refractivity contribution in [3.63, 3.8) is 0 Å². The minimum Gasteiger partial charge on any atom is -0.389 e. The van der Waals surface area contributed by atoms with Gasteiger partial charge in [-0.2, -0.15) is 5.10 Å². The van der Waals surface area contributed by atoms with Gasteiger partial charge in [-0.3, -0.25) is 4.68 Å². The van der Waals surface area contributed by atoms with Gasteiger partial charge in [-0.15, -0.1) is 0 Å². The summed E-state index contributed by atoms with van der Waals surface area (Å²) in [7, 11) is 3.72. The van der Waals surface area contributed by atoms with Crippen LogP contribution in [0.3, 0.4) is 0 Å². The van der Waals surface area contributed by atoms with E-state index in [2.05, 4.69) is 5.10 Å². The summed E-state index contributed by atoms with van der Waals surface area (Å²) in [6.07, 6.45) is 2.85. The van der Waals surface area contributed by atoms with Crippen molar-refractivity contribution in [3.05, 3.63) is 47.5 Å². The normalized spacial score (nSPS) is 12.5. The van der Waals surface area contributed by atoms with Crippen molar-refractivity contribution >= 4 is 5.69 Å². The molecule has 0 fully saturated rings. The maximum atomic E-state index is 13.8. The second-order valence-electron chi connectivity index (χ2n) is 4.73. The molecule has 1 N–H and O–H groups in total. The van der Waals surface area contributed by atoms with E-state index in [1.165, 1.54) is 6.07 Å². The molecule has 1 aromatic carbocycles. The molecule has 0 bridgehead atoms. The summed E-state index contributed by atoms with van der Waals surface area (Å²) in [5, 5.41) is 13.8. The van der Waals surface area contributed by atoms with Gasteiger partial charge in [0.2, 0.25) is 0 Å². The second kappa shape index (κ2) is 5.40. The number of hydrogen-bond acceptors (Lipinski definition) is 3. The molecule has 0 radical (unpaired) electrons. The van der Waals surface area contributed by atoms with E-state index in [1.807, 2.05) is 31.3 Å². The molecular weight excluding hydrogens is 245 g/mol. The van der Waals surface area contributed by atoms with Gasteiger partial charge in [-0.1, -0.05) is 6.07 Å². The van der Waals surface area contributed by atoms with Crippen molar-refractivity contribution in [2.75, 3.05) is 11.9 Å². The number of halogens is 1. The summed E-state index contributed by atoms with van der Waals surface area (Å²) in [5.74, 6) is -0.384. The van der Waals surface area contributed by atoms with Crippen LogP contribution < -0.4 is 4.90 Å². The van der Waals surface area contributed by atoms with Crippen molar-refractivity contribution in [1.82, 2.24) is 9.78 Å². The van der Waals surface area contributed by atoms with Crippen LogP contribution in [0.25, 0.3) is 0 Å². The third-order valence-electron chi connectivity index (χ3n) is 3.04. The Bertz CT molecular complexity index is 566. The molecule has 4 nitrogen and oxygen atoms in total. The van der Waals surface area contributed by atoms with E-state index in [0.717, 1.165) is 5.56 Å². The zero-order valence-electron chi connectivity index (χ0n) is 11.3. The lowest BCUT2D eigenvalue weighted by Crippen LogP contribution is -2.19. The van der Waals surface area contributed by atoms with Crippen LogP contribution in [0.1, 0.15) is 24.2 Å². The highest BCUT2D eigenvalue weighted by atomic mass is 19.1. The number of aryl methyl sites for hydroxylation is 1. The second-order valence-corrected chi connectivity index (χ2v) is 4.73. The van der Waals surface area contributed by atoms with Gasteiger partial charge in [0.25, 0.3) is 0 Å². The maximum Gasteiger partial charge on any atom is 0.131 e. The molecule has 0 aliphatic carbocycles. The topological polar surface area (TPSA) is 41.3 Å². The molecule has 0 amide bonds. The van der Waals surface area contributed by atoms with Gasteiger partial charge in [0, 0.05) is 43.7 Å². The first kappa shape index (κ1) is 13.5. The van der Waals surface area contributed by atoms with Gasteiger partial charge < -0.3 is 10.0 Å². The Morgan fingerprint density at radius 3 is 2.79 bits per heavy atom.